The summed E-state index contributed by atoms with van der Waals surface area (Å²) in [7, 11) is 5.59. The number of benzene rings is 1. The van der Waals surface area contributed by atoms with Gasteiger partial charge in [0.15, 0.2) is 11.6 Å². The van der Waals surface area contributed by atoms with Gasteiger partial charge in [0.2, 0.25) is 5.43 Å². The van der Waals surface area contributed by atoms with Crippen molar-refractivity contribution in [2.45, 2.75) is 37.8 Å². The largest absolute Gasteiger partial charge is 0.492 e. The topological polar surface area (TPSA) is 75.0 Å². The van der Waals surface area contributed by atoms with Gasteiger partial charge in [-0.2, -0.15) is 0 Å². The molecule has 1 atom stereocenters. The first-order valence-corrected chi connectivity index (χ1v) is 10.4. The molecule has 2 saturated carbocycles. The third kappa shape index (κ3) is 2.73. The summed E-state index contributed by atoms with van der Waals surface area (Å²) in [6.07, 6.45) is 5.42. The van der Waals surface area contributed by atoms with E-state index < -0.39 is 17.2 Å². The second-order valence-electron chi connectivity index (χ2n) is 9.17. The number of pyridine rings is 1. The lowest BCUT2D eigenvalue weighted by atomic mass is 10.0. The fourth-order valence-corrected chi connectivity index (χ4v) is 5.21. The molecule has 160 valence electrons. The number of anilines is 1. The molecule has 1 saturated heterocycles. The highest BCUT2D eigenvalue weighted by Gasteiger charge is 2.56. The predicted octanol–water partition coefficient (Wildman–Crippen LogP) is 2.71. The average molecular weight is 415 g/mol. The van der Waals surface area contributed by atoms with Crippen molar-refractivity contribution in [1.82, 2.24) is 9.47 Å². The van der Waals surface area contributed by atoms with Crippen molar-refractivity contribution in [1.29, 1.82) is 0 Å². The fraction of sp³-hybridized carbons (Fsp3) is 0.545. The van der Waals surface area contributed by atoms with Crippen molar-refractivity contribution < 1.29 is 19.0 Å². The van der Waals surface area contributed by atoms with E-state index in [1.54, 1.807) is 4.57 Å². The van der Waals surface area contributed by atoms with Crippen LogP contribution in [-0.2, 0) is 0 Å². The Balaban J connectivity index is 1.74. The van der Waals surface area contributed by atoms with Gasteiger partial charge in [0.1, 0.15) is 11.3 Å². The summed E-state index contributed by atoms with van der Waals surface area (Å²) in [5, 5.41) is 9.53. The summed E-state index contributed by atoms with van der Waals surface area (Å²) < 4.78 is 23.0. The van der Waals surface area contributed by atoms with Gasteiger partial charge in [-0.15, -0.1) is 0 Å². The Bertz CT molecular complexity index is 1120. The molecule has 1 N–H and O–H groups in total. The van der Waals surface area contributed by atoms with Gasteiger partial charge in [-0.05, 0) is 45.8 Å². The van der Waals surface area contributed by atoms with Gasteiger partial charge >= 0.3 is 5.97 Å². The minimum atomic E-state index is -1.30. The first-order chi connectivity index (χ1) is 14.3. The Labute approximate surface area is 173 Å². The summed E-state index contributed by atoms with van der Waals surface area (Å²) in [5.74, 6) is -1.53. The minimum absolute atomic E-state index is 0.0596. The molecule has 3 fully saturated rings. The summed E-state index contributed by atoms with van der Waals surface area (Å²) >= 11 is 0. The number of ether oxygens (including phenoxy) is 1. The number of fused-ring (bicyclic) bond motifs is 1. The summed E-state index contributed by atoms with van der Waals surface area (Å²) in [4.78, 5) is 28.7. The maximum Gasteiger partial charge on any atom is 0.341 e. The molecule has 1 aromatic carbocycles. The third-order valence-corrected chi connectivity index (χ3v) is 7.01. The van der Waals surface area contributed by atoms with Crippen LogP contribution >= 0.6 is 0 Å². The predicted molar refractivity (Wildman–Crippen MR) is 111 cm³/mol. The molecular weight excluding hydrogens is 389 g/mol. The van der Waals surface area contributed by atoms with Gasteiger partial charge in [0.05, 0.1) is 18.0 Å². The van der Waals surface area contributed by atoms with Crippen molar-refractivity contribution in [3.05, 3.63) is 33.9 Å². The maximum absolute atomic E-state index is 15.4. The molecule has 1 spiro atoms. The van der Waals surface area contributed by atoms with Crippen molar-refractivity contribution in [2.24, 2.45) is 5.41 Å². The Hall–Kier alpha value is -2.61. The molecule has 2 aromatic rings. The van der Waals surface area contributed by atoms with Crippen LogP contribution < -0.4 is 15.1 Å². The van der Waals surface area contributed by atoms with Crippen LogP contribution in [0.5, 0.6) is 5.75 Å². The second-order valence-corrected chi connectivity index (χ2v) is 9.17. The minimum Gasteiger partial charge on any atom is -0.492 e. The molecule has 8 heteroatoms. The zero-order chi connectivity index (χ0) is 21.4. The molecule has 0 bridgehead atoms. The summed E-state index contributed by atoms with van der Waals surface area (Å²) in [6.45, 7) is 1.43. The molecule has 0 radical (unpaired) electrons. The first kappa shape index (κ1) is 19.4. The number of hydrogen-bond acceptors (Lipinski definition) is 5. The van der Waals surface area contributed by atoms with Crippen LogP contribution in [0.1, 0.15) is 42.1 Å². The molecule has 2 aliphatic carbocycles. The smallest absolute Gasteiger partial charge is 0.341 e. The molecule has 7 nitrogen and oxygen atoms in total. The van der Waals surface area contributed by atoms with E-state index in [1.165, 1.54) is 19.4 Å². The number of aromatic carboxylic acids is 1. The van der Waals surface area contributed by atoms with Crippen LogP contribution in [0.2, 0.25) is 0 Å². The third-order valence-electron chi connectivity index (χ3n) is 7.01. The second kappa shape index (κ2) is 6.44. The van der Waals surface area contributed by atoms with Crippen LogP contribution in [0.15, 0.2) is 17.1 Å². The summed E-state index contributed by atoms with van der Waals surface area (Å²) in [6, 6.07) is 1.63. The highest BCUT2D eigenvalue weighted by atomic mass is 19.1. The van der Waals surface area contributed by atoms with E-state index in [-0.39, 0.29) is 22.4 Å². The van der Waals surface area contributed by atoms with Crippen LogP contribution in [0.25, 0.3) is 10.9 Å². The number of hydrogen-bond donors (Lipinski definition) is 1. The Morgan fingerprint density at radius 3 is 2.53 bits per heavy atom. The lowest BCUT2D eigenvalue weighted by Crippen LogP contribution is -2.36. The van der Waals surface area contributed by atoms with Crippen LogP contribution in [0.4, 0.5) is 10.1 Å². The van der Waals surface area contributed by atoms with E-state index >= 15 is 4.39 Å². The SMILES string of the molecule is COc1c(N2C[C@H](N(C)C)C3(CC3)C2)c(F)cc2c(=O)c(C(=O)O)cn(C3CC3)c12. The van der Waals surface area contributed by atoms with Crippen LogP contribution in [0, 0.1) is 11.2 Å². The van der Waals surface area contributed by atoms with Crippen molar-refractivity contribution in [3.63, 3.8) is 0 Å². The zero-order valence-corrected chi connectivity index (χ0v) is 17.4. The normalized spacial score (nSPS) is 22.3. The standard InChI is InChI=1S/C22H26FN3O4/c1-24(2)16-10-25(11-22(16)6-7-22)18-15(23)8-13-17(20(18)30-3)26(12-4-5-12)9-14(19(13)27)21(28)29/h8-9,12,16H,4-7,10-11H2,1-3H3,(H,28,29)/t16-/m0/s1. The van der Waals surface area contributed by atoms with E-state index in [2.05, 4.69) is 19.0 Å². The zero-order valence-electron chi connectivity index (χ0n) is 17.4. The quantitative estimate of drug-likeness (QED) is 0.810. The Morgan fingerprint density at radius 2 is 2.03 bits per heavy atom. The van der Waals surface area contributed by atoms with E-state index in [1.807, 2.05) is 4.90 Å². The van der Waals surface area contributed by atoms with Gasteiger partial charge in [-0.1, -0.05) is 0 Å². The molecular formula is C22H26FN3O4. The van der Waals surface area contributed by atoms with Gasteiger partial charge in [0.25, 0.3) is 0 Å². The van der Waals surface area contributed by atoms with Gasteiger partial charge in [-0.25, -0.2) is 9.18 Å². The lowest BCUT2D eigenvalue weighted by molar-refractivity contribution is 0.0695. The fourth-order valence-electron chi connectivity index (χ4n) is 5.21. The number of carbonyl (C=O) groups is 1. The first-order valence-electron chi connectivity index (χ1n) is 10.4. The van der Waals surface area contributed by atoms with Crippen molar-refractivity contribution in [2.75, 3.05) is 39.2 Å². The molecule has 0 amide bonds. The van der Waals surface area contributed by atoms with Gasteiger partial charge in [-0.3, -0.25) is 4.79 Å². The molecule has 2 heterocycles. The number of methoxy groups -OCH3 is 1. The number of carboxylic acid groups (broad SMARTS) is 1. The van der Waals surface area contributed by atoms with Crippen molar-refractivity contribution in [3.8, 4) is 5.75 Å². The van der Waals surface area contributed by atoms with E-state index in [4.69, 9.17) is 4.74 Å². The number of carboxylic acids is 1. The highest BCUT2D eigenvalue weighted by molar-refractivity contribution is 5.97. The Morgan fingerprint density at radius 1 is 1.33 bits per heavy atom. The van der Waals surface area contributed by atoms with Gasteiger partial charge < -0.3 is 24.2 Å². The Kier molecular flexibility index (Phi) is 4.16. The molecule has 5 rings (SSSR count). The van der Waals surface area contributed by atoms with E-state index in [0.717, 1.165) is 32.2 Å². The average Bonchev–Trinajstić information content (AvgIpc) is 3.59. The number of likely N-dealkylation sites (N-methyl/N-ethyl adjacent to an activating group) is 1. The van der Waals surface area contributed by atoms with Crippen molar-refractivity contribution >= 4 is 22.6 Å². The number of rotatable bonds is 5. The molecule has 3 aliphatic rings. The van der Waals surface area contributed by atoms with Crippen LogP contribution in [-0.4, -0.2) is 60.9 Å². The number of nitrogens with zero attached hydrogens (tertiary/aromatic N) is 3. The van der Waals surface area contributed by atoms with E-state index in [0.29, 0.717) is 29.5 Å². The summed E-state index contributed by atoms with van der Waals surface area (Å²) in [5.41, 5.74) is 0.0278. The lowest BCUT2D eigenvalue weighted by Gasteiger charge is -2.26. The maximum atomic E-state index is 15.4. The highest BCUT2D eigenvalue weighted by Crippen LogP contribution is 2.56. The molecule has 1 aromatic heterocycles. The molecule has 0 unspecified atom stereocenters. The number of aromatic nitrogens is 1. The van der Waals surface area contributed by atoms with Gasteiger partial charge in [0, 0.05) is 36.8 Å². The van der Waals surface area contributed by atoms with E-state index in [9.17, 15) is 14.7 Å². The molecule has 30 heavy (non-hydrogen) atoms. The van der Waals surface area contributed by atoms with Crippen LogP contribution in [0.3, 0.4) is 0 Å². The molecule has 1 aliphatic heterocycles. The number of halogens is 1. The monoisotopic (exact) mass is 415 g/mol.